The van der Waals surface area contributed by atoms with Crippen LogP contribution in [0.4, 0.5) is 0 Å². The molecule has 1 saturated carbocycles. The molecule has 2 N–H and O–H groups in total. The lowest BCUT2D eigenvalue weighted by molar-refractivity contribution is -0.142. The van der Waals surface area contributed by atoms with Crippen molar-refractivity contribution < 1.29 is 9.90 Å². The predicted molar refractivity (Wildman–Crippen MR) is 122 cm³/mol. The molecule has 1 amide bonds. The molecule has 5 rings (SSSR count). The van der Waals surface area contributed by atoms with Crippen LogP contribution in [-0.4, -0.2) is 49.1 Å². The van der Waals surface area contributed by atoms with E-state index in [0.29, 0.717) is 37.0 Å². The van der Waals surface area contributed by atoms with Crippen molar-refractivity contribution in [3.8, 4) is 0 Å². The van der Waals surface area contributed by atoms with Crippen molar-refractivity contribution in [1.82, 2.24) is 19.4 Å². The zero-order chi connectivity index (χ0) is 22.1. The van der Waals surface area contributed by atoms with E-state index in [2.05, 4.69) is 22.1 Å². The number of nitrogens with zero attached hydrogens (tertiary/aromatic N) is 3. The molecule has 1 aliphatic heterocycles. The highest BCUT2D eigenvalue weighted by Gasteiger charge is 2.39. The van der Waals surface area contributed by atoms with Crippen LogP contribution in [0.15, 0.2) is 53.7 Å². The molecule has 3 aromatic rings. The first-order valence-corrected chi connectivity index (χ1v) is 11.6. The lowest BCUT2D eigenvalue weighted by atomic mass is 9.74. The first-order valence-electron chi connectivity index (χ1n) is 11.6. The lowest BCUT2D eigenvalue weighted by Crippen LogP contribution is -2.51. The second-order valence-electron chi connectivity index (χ2n) is 9.38. The third kappa shape index (κ3) is 3.97. The highest BCUT2D eigenvalue weighted by Crippen LogP contribution is 2.39. The Kier molecular flexibility index (Phi) is 5.59. The first kappa shape index (κ1) is 20.9. The lowest BCUT2D eigenvalue weighted by Gasteiger charge is -2.41. The Hall–Kier alpha value is -2.93. The standard InChI is InChI=1S/C25H30N4O3/c30-23(20-9-5-4-8-19(20)18-6-2-1-3-7-18)28-14-11-25(32,12-15-28)16-29-17-27-22-21(24(29)31)10-13-26-22/h1-3,6-7,10,13,17,19-20,26,32H,4-5,8-9,11-12,14-16H2/t19-,20+/m0/s1. The fourth-order valence-electron chi connectivity index (χ4n) is 5.47. The van der Waals surface area contributed by atoms with E-state index in [0.717, 1.165) is 25.7 Å². The SMILES string of the molecule is O=C([C@@H]1CCCC[C@H]1c1ccccc1)N1CCC(O)(Cn2cnc3[nH]ccc3c2=O)CC1. The van der Waals surface area contributed by atoms with Gasteiger partial charge in [-0.25, -0.2) is 4.98 Å². The van der Waals surface area contributed by atoms with Gasteiger partial charge in [-0.05, 0) is 43.2 Å². The summed E-state index contributed by atoms with van der Waals surface area (Å²) in [5, 5.41) is 11.7. The zero-order valence-electron chi connectivity index (χ0n) is 18.2. The van der Waals surface area contributed by atoms with Gasteiger partial charge in [-0.15, -0.1) is 0 Å². The van der Waals surface area contributed by atoms with Gasteiger partial charge in [-0.2, -0.15) is 0 Å². The number of aliphatic hydroxyl groups is 1. The van der Waals surface area contributed by atoms with E-state index in [-0.39, 0.29) is 29.8 Å². The van der Waals surface area contributed by atoms with Crippen molar-refractivity contribution in [3.05, 3.63) is 64.8 Å². The van der Waals surface area contributed by atoms with E-state index < -0.39 is 5.60 Å². The third-order valence-electron chi connectivity index (χ3n) is 7.32. The molecule has 32 heavy (non-hydrogen) atoms. The number of hydrogen-bond donors (Lipinski definition) is 2. The topological polar surface area (TPSA) is 91.2 Å². The molecule has 0 radical (unpaired) electrons. The zero-order valence-corrected chi connectivity index (χ0v) is 18.2. The number of benzene rings is 1. The molecule has 2 atom stereocenters. The van der Waals surface area contributed by atoms with Crippen LogP contribution < -0.4 is 5.56 Å². The minimum atomic E-state index is -1.02. The van der Waals surface area contributed by atoms with Crippen LogP contribution in [0, 0.1) is 5.92 Å². The number of amides is 1. The summed E-state index contributed by atoms with van der Waals surface area (Å²) in [6.45, 7) is 1.22. The van der Waals surface area contributed by atoms with E-state index in [9.17, 15) is 14.7 Å². The Morgan fingerprint density at radius 1 is 1.12 bits per heavy atom. The van der Waals surface area contributed by atoms with Crippen LogP contribution in [0.25, 0.3) is 11.0 Å². The number of hydrogen-bond acceptors (Lipinski definition) is 4. The average molecular weight is 435 g/mol. The fourth-order valence-corrected chi connectivity index (χ4v) is 5.47. The van der Waals surface area contributed by atoms with Gasteiger partial charge in [0.2, 0.25) is 5.91 Å². The second-order valence-corrected chi connectivity index (χ2v) is 9.38. The highest BCUT2D eigenvalue weighted by molar-refractivity contribution is 5.80. The Morgan fingerprint density at radius 2 is 1.88 bits per heavy atom. The van der Waals surface area contributed by atoms with Gasteiger partial charge in [0.15, 0.2) is 0 Å². The van der Waals surface area contributed by atoms with Gasteiger partial charge in [-0.3, -0.25) is 14.2 Å². The van der Waals surface area contributed by atoms with Gasteiger partial charge >= 0.3 is 0 Å². The summed E-state index contributed by atoms with van der Waals surface area (Å²) in [6, 6.07) is 12.1. The summed E-state index contributed by atoms with van der Waals surface area (Å²) in [6.07, 6.45) is 8.33. The summed E-state index contributed by atoms with van der Waals surface area (Å²) in [7, 11) is 0. The van der Waals surface area contributed by atoms with Crippen LogP contribution in [-0.2, 0) is 11.3 Å². The number of aromatic nitrogens is 3. The molecule has 2 fully saturated rings. The van der Waals surface area contributed by atoms with Crippen LogP contribution in [0.1, 0.15) is 50.0 Å². The number of nitrogens with one attached hydrogen (secondary N) is 1. The maximum Gasteiger partial charge on any atom is 0.262 e. The van der Waals surface area contributed by atoms with Crippen molar-refractivity contribution in [2.24, 2.45) is 5.92 Å². The number of piperidine rings is 1. The molecule has 0 spiro atoms. The second kappa shape index (κ2) is 8.54. The smallest absolute Gasteiger partial charge is 0.262 e. The van der Waals surface area contributed by atoms with Gasteiger partial charge in [0, 0.05) is 25.2 Å². The van der Waals surface area contributed by atoms with Crippen molar-refractivity contribution >= 4 is 16.9 Å². The molecule has 7 nitrogen and oxygen atoms in total. The van der Waals surface area contributed by atoms with Crippen LogP contribution in [0.3, 0.4) is 0 Å². The number of fused-ring (bicyclic) bond motifs is 1. The van der Waals surface area contributed by atoms with E-state index in [1.807, 2.05) is 23.1 Å². The van der Waals surface area contributed by atoms with Crippen molar-refractivity contribution in [2.45, 2.75) is 56.6 Å². The number of H-pyrrole nitrogens is 1. The normalized spacial score (nSPS) is 23.3. The van der Waals surface area contributed by atoms with Gasteiger partial charge in [0.05, 0.1) is 23.9 Å². The maximum atomic E-state index is 13.5. The Balaban J connectivity index is 1.26. The largest absolute Gasteiger partial charge is 0.388 e. The molecule has 1 saturated heterocycles. The molecule has 2 aliphatic rings. The summed E-state index contributed by atoms with van der Waals surface area (Å²) >= 11 is 0. The fraction of sp³-hybridized carbons (Fsp3) is 0.480. The molecule has 0 bridgehead atoms. The number of likely N-dealkylation sites (tertiary alicyclic amines) is 1. The Bertz CT molecular complexity index is 1140. The number of aromatic amines is 1. The number of carbonyl (C=O) groups is 1. The molecule has 7 heteroatoms. The molecule has 168 valence electrons. The van der Waals surface area contributed by atoms with E-state index in [1.165, 1.54) is 16.5 Å². The third-order valence-corrected chi connectivity index (χ3v) is 7.32. The Morgan fingerprint density at radius 3 is 2.66 bits per heavy atom. The van der Waals surface area contributed by atoms with Gasteiger partial charge < -0.3 is 15.0 Å². The van der Waals surface area contributed by atoms with Crippen LogP contribution in [0.5, 0.6) is 0 Å². The predicted octanol–water partition coefficient (Wildman–Crippen LogP) is 3.05. The van der Waals surface area contributed by atoms with Crippen molar-refractivity contribution in [3.63, 3.8) is 0 Å². The molecule has 3 heterocycles. The van der Waals surface area contributed by atoms with Gasteiger partial charge in [0.25, 0.3) is 5.56 Å². The monoisotopic (exact) mass is 434 g/mol. The first-order chi connectivity index (χ1) is 15.5. The number of carbonyl (C=O) groups excluding carboxylic acids is 1. The highest BCUT2D eigenvalue weighted by atomic mass is 16.3. The average Bonchev–Trinajstić information content (AvgIpc) is 3.31. The van der Waals surface area contributed by atoms with Crippen LogP contribution in [0.2, 0.25) is 0 Å². The Labute approximate surface area is 187 Å². The quantitative estimate of drug-likeness (QED) is 0.660. The number of rotatable bonds is 4. The van der Waals surface area contributed by atoms with E-state index in [1.54, 1.807) is 12.3 Å². The van der Waals surface area contributed by atoms with Crippen LogP contribution >= 0.6 is 0 Å². The van der Waals surface area contributed by atoms with E-state index >= 15 is 0 Å². The van der Waals surface area contributed by atoms with Gasteiger partial charge in [0.1, 0.15) is 5.65 Å². The summed E-state index contributed by atoms with van der Waals surface area (Å²) in [5.41, 5.74) is 0.638. The molecular formula is C25H30N4O3. The summed E-state index contributed by atoms with van der Waals surface area (Å²) in [5.74, 6) is 0.504. The minimum absolute atomic E-state index is 0.0140. The molecule has 1 aromatic carbocycles. The van der Waals surface area contributed by atoms with Crippen molar-refractivity contribution in [2.75, 3.05) is 13.1 Å². The molecule has 1 aliphatic carbocycles. The summed E-state index contributed by atoms with van der Waals surface area (Å²) < 4.78 is 1.49. The maximum absolute atomic E-state index is 13.5. The molecular weight excluding hydrogens is 404 g/mol. The molecule has 2 aromatic heterocycles. The van der Waals surface area contributed by atoms with Crippen molar-refractivity contribution in [1.29, 1.82) is 0 Å². The van der Waals surface area contributed by atoms with Gasteiger partial charge in [-0.1, -0.05) is 43.2 Å². The summed E-state index contributed by atoms with van der Waals surface area (Å²) in [4.78, 5) is 35.3. The van der Waals surface area contributed by atoms with E-state index in [4.69, 9.17) is 0 Å². The molecule has 0 unspecified atom stereocenters. The minimum Gasteiger partial charge on any atom is -0.388 e.